The molecule has 0 aliphatic rings. The van der Waals surface area contributed by atoms with Crippen LogP contribution in [0.15, 0.2) is 35.7 Å². The molecular weight excluding hydrogens is 266 g/mol. The van der Waals surface area contributed by atoms with Crippen LogP contribution in [0.4, 0.5) is 0 Å². The van der Waals surface area contributed by atoms with Crippen LogP contribution in [-0.4, -0.2) is 5.91 Å². The van der Waals surface area contributed by atoms with Gasteiger partial charge < -0.3 is 5.73 Å². The van der Waals surface area contributed by atoms with E-state index in [9.17, 15) is 4.79 Å². The fourth-order valence-corrected chi connectivity index (χ4v) is 3.72. The van der Waals surface area contributed by atoms with E-state index in [4.69, 9.17) is 5.73 Å². The van der Waals surface area contributed by atoms with Crippen LogP contribution in [-0.2, 0) is 0 Å². The van der Waals surface area contributed by atoms with Crippen molar-refractivity contribution >= 4 is 17.2 Å². The van der Waals surface area contributed by atoms with Gasteiger partial charge in [-0.2, -0.15) is 0 Å². The highest BCUT2D eigenvalue weighted by Gasteiger charge is 2.18. The van der Waals surface area contributed by atoms with Gasteiger partial charge in [0, 0.05) is 16.0 Å². The Morgan fingerprint density at radius 2 is 1.90 bits per heavy atom. The predicted molar refractivity (Wildman–Crippen MR) is 86.1 cm³/mol. The Bertz CT molecular complexity index is 601. The highest BCUT2D eigenvalue weighted by atomic mass is 32.1. The van der Waals surface area contributed by atoms with E-state index in [0.29, 0.717) is 17.4 Å². The number of hydrogen-bond acceptors (Lipinski definition) is 2. The van der Waals surface area contributed by atoms with E-state index in [1.807, 2.05) is 18.2 Å². The van der Waals surface area contributed by atoms with Crippen LogP contribution in [0.3, 0.4) is 0 Å². The van der Waals surface area contributed by atoms with Crippen molar-refractivity contribution in [2.24, 2.45) is 11.7 Å². The quantitative estimate of drug-likeness (QED) is 0.853. The lowest BCUT2D eigenvalue weighted by molar-refractivity contribution is 0.100. The van der Waals surface area contributed by atoms with Gasteiger partial charge in [0.15, 0.2) is 0 Å². The molecule has 0 aliphatic carbocycles. The molecule has 2 aromatic rings. The van der Waals surface area contributed by atoms with E-state index >= 15 is 0 Å². The molecule has 1 aromatic heterocycles. The fourth-order valence-electron chi connectivity index (χ4n) is 2.66. The Morgan fingerprint density at radius 1 is 1.20 bits per heavy atom. The third kappa shape index (κ3) is 3.10. The largest absolute Gasteiger partial charge is 0.366 e. The first-order chi connectivity index (χ1) is 9.50. The van der Waals surface area contributed by atoms with Gasteiger partial charge in [-0.3, -0.25) is 4.79 Å². The summed E-state index contributed by atoms with van der Waals surface area (Å²) in [4.78, 5) is 12.8. The van der Waals surface area contributed by atoms with E-state index in [1.165, 1.54) is 10.4 Å². The molecule has 1 amide bonds. The minimum Gasteiger partial charge on any atom is -0.366 e. The molecule has 0 fully saturated rings. The van der Waals surface area contributed by atoms with E-state index in [-0.39, 0.29) is 5.91 Å². The van der Waals surface area contributed by atoms with Crippen LogP contribution in [0.25, 0.3) is 10.4 Å². The van der Waals surface area contributed by atoms with Crippen LogP contribution < -0.4 is 5.73 Å². The molecule has 20 heavy (non-hydrogen) atoms. The first kappa shape index (κ1) is 14.8. The van der Waals surface area contributed by atoms with Crippen LogP contribution in [0, 0.1) is 5.92 Å². The molecule has 0 bridgehead atoms. The minimum absolute atomic E-state index is 0.364. The first-order valence-electron chi connectivity index (χ1n) is 6.97. The summed E-state index contributed by atoms with van der Waals surface area (Å²) in [5, 5.41) is 2.10. The molecule has 1 atom stereocenters. The summed E-state index contributed by atoms with van der Waals surface area (Å²) in [6.45, 7) is 6.72. The number of thiophene rings is 1. The predicted octanol–water partition coefficient (Wildman–Crippen LogP) is 4.66. The maximum atomic E-state index is 11.6. The van der Waals surface area contributed by atoms with Crippen molar-refractivity contribution in [1.29, 1.82) is 0 Å². The van der Waals surface area contributed by atoms with Gasteiger partial charge in [-0.25, -0.2) is 0 Å². The summed E-state index contributed by atoms with van der Waals surface area (Å²) in [6, 6.07) is 9.77. The molecule has 2 N–H and O–H groups in total. The summed E-state index contributed by atoms with van der Waals surface area (Å²) >= 11 is 1.68. The maximum Gasteiger partial charge on any atom is 0.249 e. The molecule has 0 saturated heterocycles. The van der Waals surface area contributed by atoms with E-state index in [1.54, 1.807) is 17.4 Å². The Morgan fingerprint density at radius 3 is 2.55 bits per heavy atom. The molecule has 0 spiro atoms. The van der Waals surface area contributed by atoms with E-state index in [2.05, 4.69) is 32.2 Å². The van der Waals surface area contributed by atoms with Gasteiger partial charge in [0.05, 0.1) is 0 Å². The Kier molecular flexibility index (Phi) is 4.61. The fraction of sp³-hybridized carbons (Fsp3) is 0.353. The zero-order valence-electron chi connectivity index (χ0n) is 12.2. The number of carbonyl (C=O) groups excluding carboxylic acids is 1. The third-order valence-electron chi connectivity index (χ3n) is 3.49. The van der Waals surface area contributed by atoms with Gasteiger partial charge in [0.2, 0.25) is 5.91 Å². The monoisotopic (exact) mass is 287 g/mol. The topological polar surface area (TPSA) is 43.1 Å². The standard InChI is InChI=1S/C17H21NOS/c1-11(2)10-12(3)13-8-9-20-16(13)14-6-4-5-7-15(14)17(18)19/h4-9,11-12H,10H2,1-3H3,(H2,18,19). The maximum absolute atomic E-state index is 11.6. The normalized spacial score (nSPS) is 12.6. The highest BCUT2D eigenvalue weighted by Crippen LogP contribution is 2.38. The zero-order valence-corrected chi connectivity index (χ0v) is 13.0. The zero-order chi connectivity index (χ0) is 14.7. The molecule has 2 nitrogen and oxygen atoms in total. The second-order valence-electron chi connectivity index (χ2n) is 5.65. The Labute approximate surface area is 124 Å². The number of nitrogens with two attached hydrogens (primary N) is 1. The third-order valence-corrected chi connectivity index (χ3v) is 4.45. The van der Waals surface area contributed by atoms with E-state index in [0.717, 1.165) is 12.0 Å². The average molecular weight is 287 g/mol. The Hall–Kier alpha value is -1.61. The van der Waals surface area contributed by atoms with Gasteiger partial charge in [0.25, 0.3) is 0 Å². The molecule has 0 radical (unpaired) electrons. The van der Waals surface area contributed by atoms with Crippen molar-refractivity contribution in [3.63, 3.8) is 0 Å². The first-order valence-corrected chi connectivity index (χ1v) is 7.85. The number of primary amides is 1. The van der Waals surface area contributed by atoms with Crippen LogP contribution >= 0.6 is 11.3 Å². The number of rotatable bonds is 5. The molecule has 3 heteroatoms. The van der Waals surface area contributed by atoms with Crippen molar-refractivity contribution in [2.45, 2.75) is 33.1 Å². The van der Waals surface area contributed by atoms with Crippen LogP contribution in [0.1, 0.15) is 49.0 Å². The summed E-state index contributed by atoms with van der Waals surface area (Å²) in [6.07, 6.45) is 1.14. The Balaban J connectivity index is 2.45. The lowest BCUT2D eigenvalue weighted by Gasteiger charge is -2.16. The number of carbonyl (C=O) groups is 1. The molecule has 1 unspecified atom stereocenters. The van der Waals surface area contributed by atoms with E-state index < -0.39 is 0 Å². The summed E-state index contributed by atoms with van der Waals surface area (Å²) in [5.74, 6) is 0.776. The van der Waals surface area contributed by atoms with Crippen molar-refractivity contribution in [3.8, 4) is 10.4 Å². The van der Waals surface area contributed by atoms with Crippen molar-refractivity contribution in [2.75, 3.05) is 0 Å². The van der Waals surface area contributed by atoms with Gasteiger partial charge in [-0.1, -0.05) is 39.0 Å². The van der Waals surface area contributed by atoms with Gasteiger partial charge in [0.1, 0.15) is 0 Å². The number of hydrogen-bond donors (Lipinski definition) is 1. The molecule has 0 aliphatic heterocycles. The summed E-state index contributed by atoms with van der Waals surface area (Å²) < 4.78 is 0. The van der Waals surface area contributed by atoms with Crippen molar-refractivity contribution in [1.82, 2.24) is 0 Å². The highest BCUT2D eigenvalue weighted by molar-refractivity contribution is 7.13. The lowest BCUT2D eigenvalue weighted by atomic mass is 9.90. The molecule has 1 aromatic carbocycles. The minimum atomic E-state index is -0.364. The molecule has 1 heterocycles. The van der Waals surface area contributed by atoms with Crippen LogP contribution in [0.5, 0.6) is 0 Å². The lowest BCUT2D eigenvalue weighted by Crippen LogP contribution is -2.12. The second kappa shape index (κ2) is 6.23. The SMILES string of the molecule is CC(C)CC(C)c1ccsc1-c1ccccc1C(N)=O. The van der Waals surface area contributed by atoms with Crippen molar-refractivity contribution in [3.05, 3.63) is 46.8 Å². The van der Waals surface area contributed by atoms with Crippen LogP contribution in [0.2, 0.25) is 0 Å². The smallest absolute Gasteiger partial charge is 0.249 e. The van der Waals surface area contributed by atoms with Crippen molar-refractivity contribution < 1.29 is 4.79 Å². The van der Waals surface area contributed by atoms with Gasteiger partial charge >= 0.3 is 0 Å². The molecule has 2 rings (SSSR count). The number of amides is 1. The second-order valence-corrected chi connectivity index (χ2v) is 6.56. The van der Waals surface area contributed by atoms with Gasteiger partial charge in [-0.05, 0) is 41.3 Å². The number of benzene rings is 1. The molecule has 0 saturated carbocycles. The summed E-state index contributed by atoms with van der Waals surface area (Å²) in [7, 11) is 0. The average Bonchev–Trinajstić information content (AvgIpc) is 2.87. The summed E-state index contributed by atoms with van der Waals surface area (Å²) in [5.41, 5.74) is 8.37. The van der Waals surface area contributed by atoms with Gasteiger partial charge in [-0.15, -0.1) is 11.3 Å². The molecular formula is C17H21NOS. The molecule has 106 valence electrons.